The molecule has 0 bridgehead atoms. The number of hydrogen-bond donors (Lipinski definition) is 2. The third kappa shape index (κ3) is 4.74. The number of carboxylic acid groups (broad SMARTS) is 1. The number of ether oxygens (including phenoxy) is 1. The first-order valence-electron chi connectivity index (χ1n) is 9.60. The minimum Gasteiger partial charge on any atom is -0.481 e. The van der Waals surface area contributed by atoms with Crippen molar-refractivity contribution in [3.05, 3.63) is 58.9 Å². The molecule has 160 valence electrons. The van der Waals surface area contributed by atoms with Crippen LogP contribution >= 0.6 is 11.6 Å². The van der Waals surface area contributed by atoms with Gasteiger partial charge in [-0.05, 0) is 48.6 Å². The lowest BCUT2D eigenvalue weighted by Crippen LogP contribution is -2.42. The molecule has 1 aliphatic rings. The summed E-state index contributed by atoms with van der Waals surface area (Å²) in [4.78, 5) is 25.1. The molecule has 0 saturated carbocycles. The van der Waals surface area contributed by atoms with E-state index in [0.717, 1.165) is 5.56 Å². The zero-order chi connectivity index (χ0) is 21.9. The Morgan fingerprint density at radius 2 is 2.00 bits per heavy atom. The van der Waals surface area contributed by atoms with Crippen LogP contribution in [0.2, 0.25) is 5.02 Å². The molecule has 1 aliphatic heterocycles. The Kier molecular flexibility index (Phi) is 6.63. The molecular weight excluding hydrogens is 411 g/mol. The maximum absolute atomic E-state index is 14.1. The van der Waals surface area contributed by atoms with Crippen LogP contribution in [0.25, 0.3) is 11.1 Å². The Labute approximate surface area is 179 Å². The molecule has 3 rings (SSSR count). The molecule has 0 aromatic heterocycles. The van der Waals surface area contributed by atoms with Gasteiger partial charge in [-0.2, -0.15) is 0 Å². The van der Waals surface area contributed by atoms with Crippen molar-refractivity contribution < 1.29 is 23.8 Å². The lowest BCUT2D eigenvalue weighted by atomic mass is 9.79. The Hall–Kier alpha value is -2.64. The summed E-state index contributed by atoms with van der Waals surface area (Å²) in [6.07, 6.45) is 0.500. The average Bonchev–Trinajstić information content (AvgIpc) is 3.15. The van der Waals surface area contributed by atoms with Crippen molar-refractivity contribution in [1.82, 2.24) is 4.90 Å². The molecule has 1 heterocycles. The minimum absolute atomic E-state index is 0.0791. The van der Waals surface area contributed by atoms with E-state index in [-0.39, 0.29) is 18.8 Å². The highest BCUT2D eigenvalue weighted by Crippen LogP contribution is 2.36. The number of nitrogens with zero attached hydrogens (tertiary/aromatic N) is 1. The van der Waals surface area contributed by atoms with Gasteiger partial charge in [0.2, 0.25) is 0 Å². The Morgan fingerprint density at radius 3 is 2.63 bits per heavy atom. The normalized spacial score (nSPS) is 19.5. The summed E-state index contributed by atoms with van der Waals surface area (Å²) < 4.78 is 18.8. The predicted octanol–water partition coefficient (Wildman–Crippen LogP) is 3.95. The molecule has 2 atom stereocenters. The van der Waals surface area contributed by atoms with Crippen molar-refractivity contribution in [3.63, 3.8) is 0 Å². The summed E-state index contributed by atoms with van der Waals surface area (Å²) in [7, 11) is 1.27. The van der Waals surface area contributed by atoms with Gasteiger partial charge in [0.15, 0.2) is 0 Å². The van der Waals surface area contributed by atoms with Gasteiger partial charge in [0.25, 0.3) is 0 Å². The number of carbonyl (C=O) groups is 2. The first-order chi connectivity index (χ1) is 14.2. The topological polar surface area (TPSA) is 92.9 Å². The molecule has 1 fully saturated rings. The van der Waals surface area contributed by atoms with Gasteiger partial charge in [-0.3, -0.25) is 4.79 Å². The van der Waals surface area contributed by atoms with Crippen LogP contribution in [0.3, 0.4) is 0 Å². The van der Waals surface area contributed by atoms with Crippen LogP contribution in [0.4, 0.5) is 9.18 Å². The molecule has 0 spiro atoms. The number of methoxy groups -OCH3 is 1. The van der Waals surface area contributed by atoms with E-state index in [2.05, 4.69) is 0 Å². The number of likely N-dealkylation sites (tertiary alicyclic amines) is 1. The minimum atomic E-state index is -1.09. The molecule has 3 N–H and O–H groups in total. The molecule has 0 radical (unpaired) electrons. The smallest absolute Gasteiger partial charge is 0.409 e. The van der Waals surface area contributed by atoms with E-state index in [1.54, 1.807) is 18.2 Å². The van der Waals surface area contributed by atoms with Gasteiger partial charge in [-0.25, -0.2) is 9.18 Å². The zero-order valence-corrected chi connectivity index (χ0v) is 17.4. The molecule has 2 aromatic carbocycles. The van der Waals surface area contributed by atoms with Crippen LogP contribution < -0.4 is 5.73 Å². The van der Waals surface area contributed by atoms with Crippen LogP contribution in [-0.2, 0) is 16.0 Å². The summed E-state index contributed by atoms with van der Waals surface area (Å²) in [6.45, 7) is 0.404. The van der Waals surface area contributed by atoms with Gasteiger partial charge in [0.05, 0.1) is 12.5 Å². The quantitative estimate of drug-likeness (QED) is 0.718. The van der Waals surface area contributed by atoms with Crippen molar-refractivity contribution >= 4 is 23.7 Å². The lowest BCUT2D eigenvalue weighted by molar-refractivity contribution is -0.148. The molecule has 1 saturated heterocycles. The number of halogens is 2. The first kappa shape index (κ1) is 22.1. The predicted molar refractivity (Wildman–Crippen MR) is 112 cm³/mol. The highest BCUT2D eigenvalue weighted by molar-refractivity contribution is 6.30. The summed E-state index contributed by atoms with van der Waals surface area (Å²) in [5.41, 5.74) is 7.22. The Morgan fingerprint density at radius 1 is 1.30 bits per heavy atom. The van der Waals surface area contributed by atoms with Crippen molar-refractivity contribution in [1.29, 1.82) is 0 Å². The standard InChI is InChI=1S/C22H24ClFN2O4/c1-30-21(29)26-9-8-22(13-26,20(27)28)12-17(25)10-14-2-4-15(5-3-14)18-11-16(23)6-7-19(18)24/h2-7,11,17H,8-10,12-13,25H2,1H3,(H,27,28). The van der Waals surface area contributed by atoms with Crippen LogP contribution in [0.1, 0.15) is 18.4 Å². The Balaban J connectivity index is 1.68. The third-order valence-corrected chi connectivity index (χ3v) is 5.82. The molecule has 8 heteroatoms. The second-order valence-corrected chi connectivity index (χ2v) is 8.15. The highest BCUT2D eigenvalue weighted by atomic mass is 35.5. The van der Waals surface area contributed by atoms with Gasteiger partial charge in [-0.1, -0.05) is 35.9 Å². The highest BCUT2D eigenvalue weighted by Gasteiger charge is 2.47. The van der Waals surface area contributed by atoms with Crippen LogP contribution in [0.5, 0.6) is 0 Å². The van der Waals surface area contributed by atoms with E-state index in [9.17, 15) is 19.1 Å². The second kappa shape index (κ2) is 9.02. The summed E-state index contributed by atoms with van der Waals surface area (Å²) in [5, 5.41) is 10.2. The Bertz CT molecular complexity index is 937. The molecular formula is C22H24ClFN2O4. The summed E-state index contributed by atoms with van der Waals surface area (Å²) in [5.74, 6) is -1.32. The molecule has 0 aliphatic carbocycles. The molecule has 6 nitrogen and oxygen atoms in total. The number of aliphatic carboxylic acids is 1. The van der Waals surface area contributed by atoms with Crippen LogP contribution in [0, 0.1) is 11.2 Å². The number of rotatable bonds is 6. The van der Waals surface area contributed by atoms with Gasteiger partial charge < -0.3 is 20.5 Å². The van der Waals surface area contributed by atoms with Gasteiger partial charge in [-0.15, -0.1) is 0 Å². The molecule has 1 amide bonds. The molecule has 30 heavy (non-hydrogen) atoms. The van der Waals surface area contributed by atoms with Gasteiger partial charge in [0.1, 0.15) is 5.82 Å². The molecule has 2 unspecified atom stereocenters. The molecule has 2 aromatic rings. The van der Waals surface area contributed by atoms with E-state index in [1.807, 2.05) is 12.1 Å². The van der Waals surface area contributed by atoms with Crippen molar-refractivity contribution in [2.75, 3.05) is 20.2 Å². The van der Waals surface area contributed by atoms with Crippen molar-refractivity contribution in [2.24, 2.45) is 11.1 Å². The largest absolute Gasteiger partial charge is 0.481 e. The zero-order valence-electron chi connectivity index (χ0n) is 16.6. The third-order valence-electron chi connectivity index (χ3n) is 5.58. The number of nitrogens with two attached hydrogens (primary N) is 1. The fourth-order valence-corrected chi connectivity index (χ4v) is 4.17. The van der Waals surface area contributed by atoms with E-state index >= 15 is 0 Å². The summed E-state index contributed by atoms with van der Waals surface area (Å²) in [6, 6.07) is 11.3. The number of hydrogen-bond acceptors (Lipinski definition) is 4. The lowest BCUT2D eigenvalue weighted by Gasteiger charge is -2.27. The van der Waals surface area contributed by atoms with E-state index in [4.69, 9.17) is 22.1 Å². The second-order valence-electron chi connectivity index (χ2n) is 7.72. The van der Waals surface area contributed by atoms with Gasteiger partial charge in [0, 0.05) is 29.7 Å². The maximum Gasteiger partial charge on any atom is 0.409 e. The van der Waals surface area contributed by atoms with Crippen LogP contribution in [-0.4, -0.2) is 48.3 Å². The van der Waals surface area contributed by atoms with Crippen molar-refractivity contribution in [2.45, 2.75) is 25.3 Å². The van der Waals surface area contributed by atoms with Crippen molar-refractivity contribution in [3.8, 4) is 11.1 Å². The number of amides is 1. The van der Waals surface area contributed by atoms with Gasteiger partial charge >= 0.3 is 12.1 Å². The number of carbonyl (C=O) groups excluding carboxylic acids is 1. The average molecular weight is 435 g/mol. The first-order valence-corrected chi connectivity index (χ1v) is 9.98. The summed E-state index contributed by atoms with van der Waals surface area (Å²) >= 11 is 5.96. The van der Waals surface area contributed by atoms with E-state index in [0.29, 0.717) is 35.5 Å². The fourth-order valence-electron chi connectivity index (χ4n) is 4.00. The van der Waals surface area contributed by atoms with E-state index in [1.165, 1.54) is 24.1 Å². The number of benzene rings is 2. The monoisotopic (exact) mass is 434 g/mol. The fraction of sp³-hybridized carbons (Fsp3) is 0.364. The number of carboxylic acids is 1. The maximum atomic E-state index is 14.1. The van der Waals surface area contributed by atoms with E-state index < -0.39 is 23.5 Å². The SMILES string of the molecule is COC(=O)N1CCC(CC(N)Cc2ccc(-c3cc(Cl)ccc3F)cc2)(C(=O)O)C1. The van der Waals surface area contributed by atoms with Crippen LogP contribution in [0.15, 0.2) is 42.5 Å².